The Kier molecular flexibility index (Phi) is 5.03. The number of terminal acetylenes is 1. The molecule has 14 heavy (non-hydrogen) atoms. The van der Waals surface area contributed by atoms with Gasteiger partial charge in [0.2, 0.25) is 0 Å². The summed E-state index contributed by atoms with van der Waals surface area (Å²) in [7, 11) is 0. The van der Waals surface area contributed by atoms with Crippen molar-refractivity contribution in [2.75, 3.05) is 6.54 Å². The van der Waals surface area contributed by atoms with E-state index in [4.69, 9.17) is 18.0 Å². The van der Waals surface area contributed by atoms with E-state index in [0.717, 1.165) is 23.7 Å². The molecule has 1 N–H and O–H groups in total. The van der Waals surface area contributed by atoms with Crippen LogP contribution in [-0.4, -0.2) is 6.54 Å². The number of hydrogen-bond donors (Lipinski definition) is 1. The Balaban J connectivity index is 2.29. The van der Waals surface area contributed by atoms with Crippen molar-refractivity contribution in [3.8, 4) is 12.3 Å². The maximum atomic E-state index is 5.85. The van der Waals surface area contributed by atoms with Crippen LogP contribution in [-0.2, 0) is 0 Å². The molecule has 1 aromatic rings. The minimum Gasteiger partial charge on any atom is -0.310 e. The first kappa shape index (κ1) is 11.6. The summed E-state index contributed by atoms with van der Waals surface area (Å²) in [5.41, 5.74) is 1.25. The number of nitrogens with one attached hydrogen (secondary N) is 1. The number of rotatable bonds is 5. The summed E-state index contributed by atoms with van der Waals surface area (Å²) in [6.45, 7) is 3.09. The maximum Gasteiger partial charge on any atom is 0.0931 e. The van der Waals surface area contributed by atoms with Crippen LogP contribution in [0.5, 0.6) is 0 Å². The average molecular weight is 228 g/mol. The molecule has 1 atom stereocenters. The predicted molar refractivity (Wildman–Crippen MR) is 63.8 cm³/mol. The molecule has 3 heteroatoms. The van der Waals surface area contributed by atoms with Crippen molar-refractivity contribution in [2.45, 2.75) is 25.8 Å². The molecule has 0 radical (unpaired) electrons. The number of hydrogen-bond acceptors (Lipinski definition) is 2. The second-order valence-electron chi connectivity index (χ2n) is 3.17. The number of halogens is 1. The molecule has 0 saturated heterocycles. The van der Waals surface area contributed by atoms with Crippen LogP contribution >= 0.6 is 22.9 Å². The average Bonchev–Trinajstić information content (AvgIpc) is 2.59. The topological polar surface area (TPSA) is 12.0 Å². The van der Waals surface area contributed by atoms with E-state index in [1.165, 1.54) is 5.56 Å². The second-order valence-corrected chi connectivity index (χ2v) is 4.71. The fraction of sp³-hybridized carbons (Fsp3) is 0.455. The molecule has 0 aromatic carbocycles. The zero-order chi connectivity index (χ0) is 10.4. The third-order valence-electron chi connectivity index (χ3n) is 2.04. The van der Waals surface area contributed by atoms with E-state index in [2.05, 4.69) is 23.5 Å². The van der Waals surface area contributed by atoms with Crippen LogP contribution in [0.4, 0.5) is 0 Å². The first-order valence-electron chi connectivity index (χ1n) is 4.65. The molecule has 1 nitrogen and oxygen atoms in total. The SMILES string of the molecule is C#CCCCNC(C)c1csc(Cl)c1. The van der Waals surface area contributed by atoms with Crippen LogP contribution in [0.2, 0.25) is 4.34 Å². The normalized spacial score (nSPS) is 12.4. The summed E-state index contributed by atoms with van der Waals surface area (Å²) in [4.78, 5) is 0. The third kappa shape index (κ3) is 3.71. The van der Waals surface area contributed by atoms with Crippen LogP contribution in [0.3, 0.4) is 0 Å². The van der Waals surface area contributed by atoms with Gasteiger partial charge in [0.05, 0.1) is 4.34 Å². The zero-order valence-electron chi connectivity index (χ0n) is 8.22. The van der Waals surface area contributed by atoms with Gasteiger partial charge in [-0.1, -0.05) is 11.6 Å². The lowest BCUT2D eigenvalue weighted by atomic mass is 10.2. The van der Waals surface area contributed by atoms with Crippen LogP contribution in [0.25, 0.3) is 0 Å². The van der Waals surface area contributed by atoms with Crippen molar-refractivity contribution in [1.82, 2.24) is 5.32 Å². The zero-order valence-corrected chi connectivity index (χ0v) is 9.79. The Bertz CT molecular complexity index is 313. The van der Waals surface area contributed by atoms with Crippen molar-refractivity contribution < 1.29 is 0 Å². The van der Waals surface area contributed by atoms with E-state index in [1.807, 2.05) is 6.07 Å². The van der Waals surface area contributed by atoms with E-state index in [1.54, 1.807) is 11.3 Å². The van der Waals surface area contributed by atoms with Crippen molar-refractivity contribution in [1.29, 1.82) is 0 Å². The lowest BCUT2D eigenvalue weighted by Gasteiger charge is -2.11. The highest BCUT2D eigenvalue weighted by molar-refractivity contribution is 7.14. The first-order chi connectivity index (χ1) is 6.74. The molecule has 76 valence electrons. The smallest absolute Gasteiger partial charge is 0.0931 e. The number of thiophene rings is 1. The van der Waals surface area contributed by atoms with Gasteiger partial charge in [0.25, 0.3) is 0 Å². The molecular formula is C11H14ClNS. The van der Waals surface area contributed by atoms with Gasteiger partial charge >= 0.3 is 0 Å². The Labute approximate surface area is 94.5 Å². The Hall–Kier alpha value is -0.490. The molecule has 0 aliphatic carbocycles. The molecule has 1 aromatic heterocycles. The Morgan fingerprint density at radius 1 is 1.71 bits per heavy atom. The largest absolute Gasteiger partial charge is 0.310 e. The van der Waals surface area contributed by atoms with Gasteiger partial charge in [-0.05, 0) is 36.9 Å². The van der Waals surface area contributed by atoms with Gasteiger partial charge in [0.15, 0.2) is 0 Å². The van der Waals surface area contributed by atoms with E-state index in [0.29, 0.717) is 6.04 Å². The third-order valence-corrected chi connectivity index (χ3v) is 3.15. The highest BCUT2D eigenvalue weighted by atomic mass is 35.5. The van der Waals surface area contributed by atoms with Crippen LogP contribution < -0.4 is 5.32 Å². The van der Waals surface area contributed by atoms with Gasteiger partial charge in [-0.25, -0.2) is 0 Å². The van der Waals surface area contributed by atoms with Crippen molar-refractivity contribution >= 4 is 22.9 Å². The van der Waals surface area contributed by atoms with E-state index in [-0.39, 0.29) is 0 Å². The van der Waals surface area contributed by atoms with Crippen LogP contribution in [0.1, 0.15) is 31.4 Å². The molecule has 0 saturated carbocycles. The van der Waals surface area contributed by atoms with E-state index < -0.39 is 0 Å². The molecule has 0 spiro atoms. The molecule has 0 fully saturated rings. The quantitative estimate of drug-likeness (QED) is 0.600. The fourth-order valence-electron chi connectivity index (χ4n) is 1.18. The molecule has 0 amide bonds. The molecule has 0 aliphatic rings. The van der Waals surface area contributed by atoms with Crippen LogP contribution in [0, 0.1) is 12.3 Å². The maximum absolute atomic E-state index is 5.85. The second kappa shape index (κ2) is 6.08. The summed E-state index contributed by atoms with van der Waals surface area (Å²) >= 11 is 7.42. The highest BCUT2D eigenvalue weighted by Gasteiger charge is 2.05. The van der Waals surface area contributed by atoms with Gasteiger partial charge < -0.3 is 5.32 Å². The van der Waals surface area contributed by atoms with Gasteiger partial charge in [0.1, 0.15) is 0 Å². The summed E-state index contributed by atoms with van der Waals surface area (Å²) in [5.74, 6) is 2.63. The van der Waals surface area contributed by atoms with Gasteiger partial charge in [-0.3, -0.25) is 0 Å². The van der Waals surface area contributed by atoms with Crippen molar-refractivity contribution in [2.24, 2.45) is 0 Å². The molecule has 1 unspecified atom stereocenters. The number of unbranched alkanes of at least 4 members (excludes halogenated alkanes) is 1. The standard InChI is InChI=1S/C11H14ClNS/c1-3-4-5-6-13-9(2)10-7-11(12)14-8-10/h1,7-9,13H,4-6H2,2H3. The molecule has 0 aliphatic heterocycles. The van der Waals surface area contributed by atoms with Gasteiger partial charge in [-0.15, -0.1) is 23.7 Å². The van der Waals surface area contributed by atoms with E-state index >= 15 is 0 Å². The predicted octanol–water partition coefficient (Wildman–Crippen LogP) is 3.47. The Morgan fingerprint density at radius 2 is 2.50 bits per heavy atom. The van der Waals surface area contributed by atoms with Gasteiger partial charge in [-0.2, -0.15) is 0 Å². The molecular weight excluding hydrogens is 214 g/mol. The summed E-state index contributed by atoms with van der Waals surface area (Å²) < 4.78 is 0.845. The lowest BCUT2D eigenvalue weighted by molar-refractivity contribution is 0.564. The molecule has 1 rings (SSSR count). The van der Waals surface area contributed by atoms with E-state index in [9.17, 15) is 0 Å². The fourth-order valence-corrected chi connectivity index (χ4v) is 2.16. The summed E-state index contributed by atoms with van der Waals surface area (Å²) in [5, 5.41) is 5.48. The summed E-state index contributed by atoms with van der Waals surface area (Å²) in [6.07, 6.45) is 7.03. The highest BCUT2D eigenvalue weighted by Crippen LogP contribution is 2.24. The minimum atomic E-state index is 0.358. The minimum absolute atomic E-state index is 0.358. The lowest BCUT2D eigenvalue weighted by Crippen LogP contribution is -2.19. The molecule has 1 heterocycles. The summed E-state index contributed by atoms with van der Waals surface area (Å²) in [6, 6.07) is 2.36. The van der Waals surface area contributed by atoms with Crippen molar-refractivity contribution in [3.63, 3.8) is 0 Å². The van der Waals surface area contributed by atoms with Crippen LogP contribution in [0.15, 0.2) is 11.4 Å². The van der Waals surface area contributed by atoms with Gasteiger partial charge in [0, 0.05) is 12.5 Å². The Morgan fingerprint density at radius 3 is 3.07 bits per heavy atom. The monoisotopic (exact) mass is 227 g/mol. The first-order valence-corrected chi connectivity index (χ1v) is 5.90. The van der Waals surface area contributed by atoms with Crippen molar-refractivity contribution in [3.05, 3.63) is 21.3 Å². The molecule has 0 bridgehead atoms.